The fourth-order valence-electron chi connectivity index (χ4n) is 3.64. The van der Waals surface area contributed by atoms with Crippen molar-refractivity contribution in [2.24, 2.45) is 0 Å². The number of nitrogens with zero attached hydrogens (tertiary/aromatic N) is 4. The maximum atomic E-state index is 15.0. The fourth-order valence-corrected chi connectivity index (χ4v) is 3.64. The summed E-state index contributed by atoms with van der Waals surface area (Å²) in [6, 6.07) is 9.41. The van der Waals surface area contributed by atoms with E-state index in [1.165, 1.54) is 25.4 Å². The van der Waals surface area contributed by atoms with Crippen molar-refractivity contribution in [3.05, 3.63) is 70.9 Å². The molecule has 2 aromatic carbocycles. The highest BCUT2D eigenvalue weighted by Crippen LogP contribution is 2.36. The van der Waals surface area contributed by atoms with E-state index >= 15 is 4.39 Å². The van der Waals surface area contributed by atoms with Crippen LogP contribution in [0.3, 0.4) is 0 Å². The molecule has 0 aliphatic rings. The monoisotopic (exact) mass is 496 g/mol. The predicted octanol–water partition coefficient (Wildman–Crippen LogP) is 6.42. The number of ether oxygens (including phenoxy) is 1. The van der Waals surface area contributed by atoms with E-state index in [-0.39, 0.29) is 22.9 Å². The molecule has 184 valence electrons. The summed E-state index contributed by atoms with van der Waals surface area (Å²) >= 11 is 0. The number of benzene rings is 2. The van der Waals surface area contributed by atoms with Gasteiger partial charge < -0.3 is 15.4 Å². The summed E-state index contributed by atoms with van der Waals surface area (Å²) < 4.78 is 60.5. The summed E-state index contributed by atoms with van der Waals surface area (Å²) in [5.74, 6) is 0.272. The van der Waals surface area contributed by atoms with Gasteiger partial charge in [-0.2, -0.15) is 23.4 Å². The zero-order chi connectivity index (χ0) is 26.0. The zero-order valence-corrected chi connectivity index (χ0v) is 19.5. The van der Waals surface area contributed by atoms with E-state index in [2.05, 4.69) is 25.6 Å². The minimum Gasteiger partial charge on any atom is -0.480 e. The molecule has 0 aliphatic carbocycles. The molecular formula is C25H20F4N6O. The lowest BCUT2D eigenvalue weighted by atomic mass is 10.1. The van der Waals surface area contributed by atoms with Gasteiger partial charge in [-0.05, 0) is 48.9 Å². The molecule has 2 N–H and O–H groups in total. The Balaban J connectivity index is 1.75. The first-order valence-electron chi connectivity index (χ1n) is 10.8. The topological polar surface area (TPSA) is 95.8 Å². The fraction of sp³-hybridized carbons (Fsp3) is 0.200. The number of hydrogen-bond donors (Lipinski definition) is 2. The maximum absolute atomic E-state index is 15.0. The van der Waals surface area contributed by atoms with Gasteiger partial charge in [-0.25, -0.2) is 14.4 Å². The highest BCUT2D eigenvalue weighted by Gasteiger charge is 2.34. The van der Waals surface area contributed by atoms with Crippen molar-refractivity contribution in [3.8, 4) is 11.9 Å². The first-order chi connectivity index (χ1) is 17.1. The van der Waals surface area contributed by atoms with Crippen LogP contribution in [-0.4, -0.2) is 22.1 Å². The lowest BCUT2D eigenvalue weighted by molar-refractivity contribution is -0.137. The van der Waals surface area contributed by atoms with Gasteiger partial charge in [0.05, 0.1) is 35.4 Å². The van der Waals surface area contributed by atoms with Crippen LogP contribution in [0.4, 0.5) is 40.4 Å². The van der Waals surface area contributed by atoms with E-state index in [9.17, 15) is 13.2 Å². The quantitative estimate of drug-likeness (QED) is 0.297. The van der Waals surface area contributed by atoms with Gasteiger partial charge >= 0.3 is 6.18 Å². The molecule has 0 saturated heterocycles. The zero-order valence-electron chi connectivity index (χ0n) is 19.5. The Morgan fingerprint density at radius 3 is 2.50 bits per heavy atom. The number of anilines is 4. The van der Waals surface area contributed by atoms with Crippen LogP contribution < -0.4 is 15.4 Å². The van der Waals surface area contributed by atoms with Crippen molar-refractivity contribution < 1.29 is 22.3 Å². The molecule has 36 heavy (non-hydrogen) atoms. The summed E-state index contributed by atoms with van der Waals surface area (Å²) in [6.07, 6.45) is -2.71. The van der Waals surface area contributed by atoms with Crippen LogP contribution in [-0.2, 0) is 12.6 Å². The van der Waals surface area contributed by atoms with Gasteiger partial charge in [0.2, 0.25) is 5.88 Å². The van der Waals surface area contributed by atoms with Crippen LogP contribution in [0.1, 0.15) is 29.4 Å². The first kappa shape index (κ1) is 24.7. The van der Waals surface area contributed by atoms with Gasteiger partial charge in [-0.1, -0.05) is 6.92 Å². The van der Waals surface area contributed by atoms with Gasteiger partial charge in [0.15, 0.2) is 11.6 Å². The molecular weight excluding hydrogens is 476 g/mol. The largest absolute Gasteiger partial charge is 0.480 e. The number of aryl methyl sites for hydroxylation is 2. The van der Waals surface area contributed by atoms with Gasteiger partial charge in [-0.3, -0.25) is 0 Å². The van der Waals surface area contributed by atoms with E-state index in [4.69, 9.17) is 10.00 Å². The van der Waals surface area contributed by atoms with Gasteiger partial charge in [0, 0.05) is 24.0 Å². The van der Waals surface area contributed by atoms with Crippen LogP contribution in [0.5, 0.6) is 5.88 Å². The van der Waals surface area contributed by atoms with E-state index in [0.717, 1.165) is 12.1 Å². The minimum absolute atomic E-state index is 0.0781. The number of methoxy groups -OCH3 is 1. The third kappa shape index (κ3) is 4.84. The minimum atomic E-state index is -4.70. The number of aromatic nitrogens is 3. The van der Waals surface area contributed by atoms with Crippen molar-refractivity contribution in [3.63, 3.8) is 0 Å². The summed E-state index contributed by atoms with van der Waals surface area (Å²) in [6.45, 7) is 3.61. The number of pyridine rings is 1. The molecule has 0 spiro atoms. The molecule has 0 fully saturated rings. The molecule has 0 saturated carbocycles. The van der Waals surface area contributed by atoms with Crippen LogP contribution in [0.25, 0.3) is 10.9 Å². The van der Waals surface area contributed by atoms with E-state index in [0.29, 0.717) is 34.6 Å². The number of nitrogens with one attached hydrogen (secondary N) is 2. The van der Waals surface area contributed by atoms with Gasteiger partial charge in [-0.15, -0.1) is 0 Å². The highest BCUT2D eigenvalue weighted by atomic mass is 19.4. The van der Waals surface area contributed by atoms with E-state index in [1.807, 2.05) is 6.92 Å². The van der Waals surface area contributed by atoms with Gasteiger partial charge in [0.25, 0.3) is 0 Å². The van der Waals surface area contributed by atoms with Crippen LogP contribution in [0.15, 0.2) is 42.6 Å². The predicted molar refractivity (Wildman–Crippen MR) is 127 cm³/mol. The van der Waals surface area contributed by atoms with Crippen molar-refractivity contribution in [2.45, 2.75) is 26.4 Å². The second-order valence-electron chi connectivity index (χ2n) is 7.83. The van der Waals surface area contributed by atoms with E-state index < -0.39 is 23.1 Å². The number of alkyl halides is 3. The molecule has 0 aliphatic heterocycles. The average molecular weight is 496 g/mol. The van der Waals surface area contributed by atoms with Crippen molar-refractivity contribution in [1.82, 2.24) is 15.0 Å². The average Bonchev–Trinajstić information content (AvgIpc) is 2.85. The number of fused-ring (bicyclic) bond motifs is 1. The molecule has 0 unspecified atom stereocenters. The lowest BCUT2D eigenvalue weighted by Gasteiger charge is -2.17. The van der Waals surface area contributed by atoms with Crippen LogP contribution in [0.2, 0.25) is 0 Å². The first-order valence-corrected chi connectivity index (χ1v) is 10.8. The molecule has 0 atom stereocenters. The Kier molecular flexibility index (Phi) is 6.61. The molecule has 4 aromatic rings. The molecule has 7 nitrogen and oxygen atoms in total. The second-order valence-corrected chi connectivity index (χ2v) is 7.83. The molecule has 0 amide bonds. The Labute approximate surface area is 203 Å². The second kappa shape index (κ2) is 9.65. The van der Waals surface area contributed by atoms with Crippen molar-refractivity contribution in [2.75, 3.05) is 17.7 Å². The Morgan fingerprint density at radius 2 is 1.83 bits per heavy atom. The summed E-state index contributed by atoms with van der Waals surface area (Å²) in [7, 11) is 1.43. The lowest BCUT2D eigenvalue weighted by Crippen LogP contribution is -2.09. The number of rotatable bonds is 6. The standard InChI is InChI=1S/C25H20F4N6O/c1-4-20-34-22-17(24(35-20)36-3)9-16(11-19(22)26)32-21-13(2)7-8-31-23(21)33-15-6-5-14(12-30)18(10-15)25(27,28)29/h5-11,32H,4H2,1-3H3,(H,31,33). The third-order valence-electron chi connectivity index (χ3n) is 5.41. The summed E-state index contributed by atoms with van der Waals surface area (Å²) in [5.41, 5.74) is 0.0876. The Hall–Kier alpha value is -4.46. The highest BCUT2D eigenvalue weighted by molar-refractivity contribution is 5.89. The smallest absolute Gasteiger partial charge is 0.417 e. The Bertz CT molecular complexity index is 1500. The molecule has 2 heterocycles. The SMILES string of the molecule is CCc1nc(OC)c2cc(Nc3c(C)ccnc3Nc3ccc(C#N)c(C(F)(F)F)c3)cc(F)c2n1. The normalized spacial score (nSPS) is 11.3. The number of hydrogen-bond acceptors (Lipinski definition) is 7. The molecule has 4 rings (SSSR count). The number of halogens is 4. The maximum Gasteiger partial charge on any atom is 0.417 e. The van der Waals surface area contributed by atoms with Crippen LogP contribution >= 0.6 is 0 Å². The van der Waals surface area contributed by atoms with Crippen molar-refractivity contribution in [1.29, 1.82) is 5.26 Å². The summed E-state index contributed by atoms with van der Waals surface area (Å²) in [4.78, 5) is 12.8. The van der Waals surface area contributed by atoms with E-state index in [1.54, 1.807) is 25.1 Å². The summed E-state index contributed by atoms with van der Waals surface area (Å²) in [5, 5.41) is 15.3. The Morgan fingerprint density at radius 1 is 1.06 bits per heavy atom. The molecule has 0 radical (unpaired) electrons. The van der Waals surface area contributed by atoms with Crippen LogP contribution in [0, 0.1) is 24.1 Å². The molecule has 11 heteroatoms. The van der Waals surface area contributed by atoms with Crippen molar-refractivity contribution >= 4 is 33.8 Å². The van der Waals surface area contributed by atoms with Gasteiger partial charge in [0.1, 0.15) is 11.3 Å². The third-order valence-corrected chi connectivity index (χ3v) is 5.41. The number of nitriles is 1. The molecule has 2 aromatic heterocycles. The molecule has 0 bridgehead atoms.